The molecule has 0 unspecified atom stereocenters. The molecule has 146 valence electrons. The van der Waals surface area contributed by atoms with Crippen molar-refractivity contribution in [3.63, 3.8) is 0 Å². The maximum atomic E-state index is 14.2. The highest BCUT2D eigenvalue weighted by Crippen LogP contribution is 2.32. The Balaban J connectivity index is 1.77. The number of hydrogen-bond acceptors (Lipinski definition) is 4. The van der Waals surface area contributed by atoms with Crippen LogP contribution in [0.1, 0.15) is 15.9 Å². The minimum absolute atomic E-state index is 0.160. The number of nitrogens with one attached hydrogen (secondary N) is 1. The van der Waals surface area contributed by atoms with Crippen molar-refractivity contribution in [2.45, 2.75) is 18.0 Å². The van der Waals surface area contributed by atoms with Crippen LogP contribution in [-0.2, 0) is 0 Å². The smallest absolute Gasteiger partial charge is 0.319 e. The molecule has 0 aliphatic rings. The molecular weight excluding hydrogens is 396 g/mol. The summed E-state index contributed by atoms with van der Waals surface area (Å²) in [6.07, 6.45) is 1.54. The molecule has 2 aromatic heterocycles. The summed E-state index contributed by atoms with van der Waals surface area (Å²) in [6, 6.07) is 5.74. The van der Waals surface area contributed by atoms with Crippen LogP contribution in [0.4, 0.5) is 23.2 Å². The van der Waals surface area contributed by atoms with Gasteiger partial charge in [-0.2, -0.15) is 18.3 Å². The lowest BCUT2D eigenvalue weighted by atomic mass is 10.2. The van der Waals surface area contributed by atoms with E-state index in [4.69, 9.17) is 0 Å². The van der Waals surface area contributed by atoms with Gasteiger partial charge in [0.1, 0.15) is 5.82 Å². The largest absolute Gasteiger partial charge is 0.398 e. The van der Waals surface area contributed by atoms with Crippen LogP contribution in [0.5, 0.6) is 0 Å². The molecule has 0 spiro atoms. The Bertz CT molecular complexity index is 989. The molecule has 0 bridgehead atoms. The summed E-state index contributed by atoms with van der Waals surface area (Å²) in [5.74, 6) is -2.48. The maximum absolute atomic E-state index is 14.2. The number of rotatable bonds is 5. The van der Waals surface area contributed by atoms with Gasteiger partial charge in [0.05, 0.1) is 35.1 Å². The number of aryl methyl sites for hydroxylation is 1. The van der Waals surface area contributed by atoms with Gasteiger partial charge in [0.2, 0.25) is 0 Å². The first-order chi connectivity index (χ1) is 13.2. The van der Waals surface area contributed by atoms with E-state index < -0.39 is 23.7 Å². The van der Waals surface area contributed by atoms with Gasteiger partial charge in [-0.25, -0.2) is 9.07 Å². The lowest BCUT2D eigenvalue weighted by Crippen LogP contribution is -2.13. The Morgan fingerprint density at radius 3 is 2.75 bits per heavy atom. The fourth-order valence-electron chi connectivity index (χ4n) is 2.33. The summed E-state index contributed by atoms with van der Waals surface area (Å²) < 4.78 is 52.9. The Kier molecular flexibility index (Phi) is 5.68. The second-order valence-electron chi connectivity index (χ2n) is 5.84. The normalized spacial score (nSPS) is 11.5. The van der Waals surface area contributed by atoms with Gasteiger partial charge >= 0.3 is 6.18 Å². The minimum Gasteiger partial charge on any atom is -0.319 e. The number of nitrogens with zero attached hydrogens (tertiary/aromatic N) is 3. The van der Waals surface area contributed by atoms with Crippen molar-refractivity contribution in [1.29, 1.82) is 0 Å². The van der Waals surface area contributed by atoms with Crippen LogP contribution >= 0.6 is 11.8 Å². The van der Waals surface area contributed by atoms with E-state index in [1.807, 2.05) is 0 Å². The highest BCUT2D eigenvalue weighted by molar-refractivity contribution is 7.99. The number of amides is 1. The molecule has 0 aliphatic carbocycles. The number of aromatic nitrogens is 3. The number of halogens is 4. The van der Waals surface area contributed by atoms with Gasteiger partial charge in [-0.1, -0.05) is 0 Å². The van der Waals surface area contributed by atoms with Gasteiger partial charge in [-0.05, 0) is 36.8 Å². The molecule has 3 aromatic rings. The first kappa shape index (κ1) is 19.9. The molecule has 5 nitrogen and oxygen atoms in total. The highest BCUT2D eigenvalue weighted by atomic mass is 32.2. The van der Waals surface area contributed by atoms with Crippen LogP contribution in [0.2, 0.25) is 0 Å². The molecule has 0 aliphatic heterocycles. The van der Waals surface area contributed by atoms with E-state index >= 15 is 0 Å². The number of pyridine rings is 1. The molecular formula is C18H14F4N4OS. The monoisotopic (exact) mass is 410 g/mol. The Labute approximate surface area is 161 Å². The second kappa shape index (κ2) is 8.01. The number of anilines is 1. The van der Waals surface area contributed by atoms with E-state index in [-0.39, 0.29) is 16.1 Å². The molecule has 28 heavy (non-hydrogen) atoms. The van der Waals surface area contributed by atoms with E-state index in [0.29, 0.717) is 23.0 Å². The number of carbonyl (C=O) groups excluding carboxylic acids is 1. The zero-order valence-electron chi connectivity index (χ0n) is 14.5. The summed E-state index contributed by atoms with van der Waals surface area (Å²) in [4.78, 5) is 16.6. The van der Waals surface area contributed by atoms with Crippen LogP contribution < -0.4 is 5.32 Å². The first-order valence-electron chi connectivity index (χ1n) is 7.99. The molecule has 10 heteroatoms. The van der Waals surface area contributed by atoms with E-state index in [0.717, 1.165) is 6.07 Å². The molecule has 1 aromatic carbocycles. The Hall–Kier alpha value is -2.88. The molecule has 0 saturated carbocycles. The van der Waals surface area contributed by atoms with Crippen molar-refractivity contribution < 1.29 is 22.4 Å². The Morgan fingerprint density at radius 1 is 1.29 bits per heavy atom. The summed E-state index contributed by atoms with van der Waals surface area (Å²) in [5.41, 5.74) is 0.950. The molecule has 0 radical (unpaired) electrons. The molecule has 0 atom stereocenters. The van der Waals surface area contributed by atoms with E-state index in [9.17, 15) is 22.4 Å². The SMILES string of the molecule is Cc1cc(F)c(NC(=O)c2cnn(-c3cccnc3)c2)cc1SCC(F)(F)F. The molecule has 3 rings (SSSR count). The van der Waals surface area contributed by atoms with Crippen LogP contribution in [0.25, 0.3) is 5.69 Å². The fourth-order valence-corrected chi connectivity index (χ4v) is 3.14. The molecule has 0 saturated heterocycles. The number of alkyl halides is 3. The van der Waals surface area contributed by atoms with Crippen LogP contribution in [0.3, 0.4) is 0 Å². The van der Waals surface area contributed by atoms with Crippen LogP contribution in [0, 0.1) is 12.7 Å². The van der Waals surface area contributed by atoms with Gasteiger partial charge in [0, 0.05) is 17.3 Å². The summed E-state index contributed by atoms with van der Waals surface area (Å²) in [5, 5.41) is 6.43. The first-order valence-corrected chi connectivity index (χ1v) is 8.97. The van der Waals surface area contributed by atoms with Crippen LogP contribution in [-0.4, -0.2) is 32.6 Å². The minimum atomic E-state index is -4.35. The number of carbonyl (C=O) groups is 1. The molecule has 2 heterocycles. The maximum Gasteiger partial charge on any atom is 0.398 e. The highest BCUT2D eigenvalue weighted by Gasteiger charge is 2.27. The fraction of sp³-hybridized carbons (Fsp3) is 0.167. The van der Waals surface area contributed by atoms with E-state index in [1.54, 1.807) is 24.5 Å². The standard InChI is InChI=1S/C18H14F4N4OS/c1-11-5-14(19)15(6-16(11)28-10-18(20,21)22)25-17(27)12-7-24-26(9-12)13-3-2-4-23-8-13/h2-9H,10H2,1H3,(H,25,27). The van der Waals surface area contributed by atoms with Crippen molar-refractivity contribution in [1.82, 2.24) is 14.8 Å². The third-order valence-electron chi connectivity index (χ3n) is 3.66. The third-order valence-corrected chi connectivity index (χ3v) is 4.88. The predicted octanol–water partition coefficient (Wildman–Crippen LogP) is 4.62. The third kappa shape index (κ3) is 4.89. The summed E-state index contributed by atoms with van der Waals surface area (Å²) in [7, 11) is 0. The molecule has 0 fully saturated rings. The summed E-state index contributed by atoms with van der Waals surface area (Å²) >= 11 is 0.535. The van der Waals surface area contributed by atoms with E-state index in [2.05, 4.69) is 15.4 Å². The van der Waals surface area contributed by atoms with Gasteiger partial charge in [-0.15, -0.1) is 11.8 Å². The van der Waals surface area contributed by atoms with Gasteiger partial charge in [0.15, 0.2) is 0 Å². The lowest BCUT2D eigenvalue weighted by molar-refractivity contribution is -0.105. The second-order valence-corrected chi connectivity index (χ2v) is 6.86. The van der Waals surface area contributed by atoms with Gasteiger partial charge in [-0.3, -0.25) is 9.78 Å². The zero-order chi connectivity index (χ0) is 20.3. The topological polar surface area (TPSA) is 59.8 Å². The number of hydrogen-bond donors (Lipinski definition) is 1. The van der Waals surface area contributed by atoms with Crippen molar-refractivity contribution in [2.24, 2.45) is 0 Å². The number of benzene rings is 1. The van der Waals surface area contributed by atoms with Crippen molar-refractivity contribution >= 4 is 23.4 Å². The quantitative estimate of drug-likeness (QED) is 0.493. The predicted molar refractivity (Wildman–Crippen MR) is 97.2 cm³/mol. The van der Waals surface area contributed by atoms with E-state index in [1.165, 1.54) is 30.1 Å². The summed E-state index contributed by atoms with van der Waals surface area (Å²) in [6.45, 7) is 1.51. The van der Waals surface area contributed by atoms with Crippen molar-refractivity contribution in [3.05, 3.63) is 66.0 Å². The van der Waals surface area contributed by atoms with Crippen molar-refractivity contribution in [2.75, 3.05) is 11.1 Å². The average molecular weight is 410 g/mol. The van der Waals surface area contributed by atoms with Gasteiger partial charge in [0.25, 0.3) is 5.91 Å². The average Bonchev–Trinajstić information content (AvgIpc) is 3.13. The Morgan fingerprint density at radius 2 is 2.07 bits per heavy atom. The van der Waals surface area contributed by atoms with Crippen molar-refractivity contribution in [3.8, 4) is 5.69 Å². The number of thioether (sulfide) groups is 1. The molecule has 1 amide bonds. The zero-order valence-corrected chi connectivity index (χ0v) is 15.3. The molecule has 1 N–H and O–H groups in total. The van der Waals surface area contributed by atoms with Crippen LogP contribution in [0.15, 0.2) is 53.9 Å². The lowest BCUT2D eigenvalue weighted by Gasteiger charge is -2.12. The van der Waals surface area contributed by atoms with Gasteiger partial charge < -0.3 is 5.32 Å².